The van der Waals surface area contributed by atoms with Gasteiger partial charge in [0.05, 0.1) is 10.2 Å². The minimum Gasteiger partial charge on any atom is -0.439 e. The van der Waals surface area contributed by atoms with E-state index in [1.165, 1.54) is 12.4 Å². The summed E-state index contributed by atoms with van der Waals surface area (Å²) in [7, 11) is 0. The lowest BCUT2D eigenvalue weighted by molar-refractivity contribution is 0.442. The molecule has 0 radical (unpaired) electrons. The Labute approximate surface area is 119 Å². The van der Waals surface area contributed by atoms with Crippen molar-refractivity contribution in [2.75, 3.05) is 0 Å². The molecule has 0 saturated heterocycles. The Bertz CT molecular complexity index is 618. The second-order valence-corrected chi connectivity index (χ2v) is 5.34. The van der Waals surface area contributed by atoms with E-state index in [1.807, 2.05) is 0 Å². The van der Waals surface area contributed by atoms with Crippen molar-refractivity contribution in [2.45, 2.75) is 25.7 Å². The van der Waals surface area contributed by atoms with Crippen LogP contribution in [-0.2, 0) is 12.8 Å². The number of rotatable bonds is 2. The molecule has 1 aromatic carbocycles. The third-order valence-electron chi connectivity index (χ3n) is 3.19. The van der Waals surface area contributed by atoms with Crippen molar-refractivity contribution in [3.05, 3.63) is 46.1 Å². The van der Waals surface area contributed by atoms with Crippen LogP contribution in [0.3, 0.4) is 0 Å². The highest BCUT2D eigenvalue weighted by Crippen LogP contribution is 2.30. The van der Waals surface area contributed by atoms with Gasteiger partial charge in [0.15, 0.2) is 0 Å². The van der Waals surface area contributed by atoms with Crippen LogP contribution in [-0.4, -0.2) is 9.97 Å². The summed E-state index contributed by atoms with van der Waals surface area (Å²) in [6, 6.07) is 4.68. The van der Waals surface area contributed by atoms with Crippen molar-refractivity contribution >= 4 is 15.9 Å². The summed E-state index contributed by atoms with van der Waals surface area (Å²) < 4.78 is 19.6. The van der Waals surface area contributed by atoms with Crippen molar-refractivity contribution in [1.82, 2.24) is 9.97 Å². The third-order valence-corrected chi connectivity index (χ3v) is 3.83. The fraction of sp³-hybridized carbons (Fsp3) is 0.286. The van der Waals surface area contributed by atoms with Crippen LogP contribution < -0.4 is 4.74 Å². The number of nitrogens with zero attached hydrogens (tertiary/aromatic N) is 2. The lowest BCUT2D eigenvalue weighted by Crippen LogP contribution is -2.08. The molecule has 98 valence electrons. The standard InChI is InChI=1S/C14H12BrFN2O/c15-11-6-5-9(7-12(11)16)19-14-10-3-1-2-4-13(10)17-8-18-14/h5-8H,1-4H2. The first-order chi connectivity index (χ1) is 9.24. The molecule has 3 rings (SSSR count). The first kappa shape index (κ1) is 12.5. The quantitative estimate of drug-likeness (QED) is 0.836. The number of benzene rings is 1. The zero-order valence-corrected chi connectivity index (χ0v) is 11.8. The van der Waals surface area contributed by atoms with Gasteiger partial charge < -0.3 is 4.74 Å². The summed E-state index contributed by atoms with van der Waals surface area (Å²) >= 11 is 3.12. The molecule has 0 bridgehead atoms. The van der Waals surface area contributed by atoms with Crippen LogP contribution in [0.1, 0.15) is 24.1 Å². The predicted molar refractivity (Wildman–Crippen MR) is 72.8 cm³/mol. The van der Waals surface area contributed by atoms with Gasteiger partial charge in [-0.3, -0.25) is 0 Å². The molecular weight excluding hydrogens is 311 g/mol. The van der Waals surface area contributed by atoms with Crippen LogP contribution in [0, 0.1) is 5.82 Å². The fourth-order valence-electron chi connectivity index (χ4n) is 2.23. The fourth-order valence-corrected chi connectivity index (χ4v) is 2.48. The van der Waals surface area contributed by atoms with E-state index in [4.69, 9.17) is 4.74 Å². The number of hydrogen-bond donors (Lipinski definition) is 0. The maximum absolute atomic E-state index is 13.5. The number of halogens is 2. The van der Waals surface area contributed by atoms with E-state index in [-0.39, 0.29) is 5.82 Å². The summed E-state index contributed by atoms with van der Waals surface area (Å²) in [4.78, 5) is 8.45. The Kier molecular flexibility index (Phi) is 3.46. The minimum absolute atomic E-state index is 0.347. The largest absolute Gasteiger partial charge is 0.439 e. The average Bonchev–Trinajstić information content (AvgIpc) is 2.43. The number of fused-ring (bicyclic) bond motifs is 1. The Morgan fingerprint density at radius 2 is 2.00 bits per heavy atom. The zero-order chi connectivity index (χ0) is 13.2. The van der Waals surface area contributed by atoms with Crippen LogP contribution >= 0.6 is 15.9 Å². The number of hydrogen-bond acceptors (Lipinski definition) is 3. The third kappa shape index (κ3) is 2.61. The molecule has 1 aliphatic rings. The Hall–Kier alpha value is -1.49. The molecule has 2 aromatic rings. The maximum Gasteiger partial charge on any atom is 0.225 e. The lowest BCUT2D eigenvalue weighted by atomic mass is 9.97. The van der Waals surface area contributed by atoms with Gasteiger partial charge in [0.25, 0.3) is 0 Å². The molecule has 0 spiro atoms. The molecule has 0 atom stereocenters. The van der Waals surface area contributed by atoms with E-state index in [2.05, 4.69) is 25.9 Å². The van der Waals surface area contributed by atoms with Crippen LogP contribution in [0.4, 0.5) is 4.39 Å². The van der Waals surface area contributed by atoms with E-state index in [1.54, 1.807) is 12.1 Å². The Morgan fingerprint density at radius 3 is 2.84 bits per heavy atom. The highest BCUT2D eigenvalue weighted by atomic mass is 79.9. The normalized spacial score (nSPS) is 14.0. The molecule has 5 heteroatoms. The van der Waals surface area contributed by atoms with Crippen LogP contribution in [0.2, 0.25) is 0 Å². The van der Waals surface area contributed by atoms with Gasteiger partial charge in [-0.25, -0.2) is 14.4 Å². The molecule has 19 heavy (non-hydrogen) atoms. The molecule has 0 unspecified atom stereocenters. The molecule has 3 nitrogen and oxygen atoms in total. The highest BCUT2D eigenvalue weighted by molar-refractivity contribution is 9.10. The Balaban J connectivity index is 1.92. The van der Waals surface area contributed by atoms with Gasteiger partial charge in [0.2, 0.25) is 5.88 Å². The first-order valence-electron chi connectivity index (χ1n) is 6.19. The summed E-state index contributed by atoms with van der Waals surface area (Å²) in [5, 5.41) is 0. The molecule has 0 N–H and O–H groups in total. The maximum atomic E-state index is 13.5. The van der Waals surface area contributed by atoms with Crippen LogP contribution in [0.15, 0.2) is 29.0 Å². The molecule has 1 aliphatic carbocycles. The predicted octanol–water partition coefficient (Wildman–Crippen LogP) is 4.05. The van der Waals surface area contributed by atoms with Crippen molar-refractivity contribution in [2.24, 2.45) is 0 Å². The number of aryl methyl sites for hydroxylation is 1. The van der Waals surface area contributed by atoms with E-state index in [0.717, 1.165) is 36.9 Å². The topological polar surface area (TPSA) is 35.0 Å². The minimum atomic E-state index is -0.347. The van der Waals surface area contributed by atoms with Crippen LogP contribution in [0.25, 0.3) is 0 Å². The monoisotopic (exact) mass is 322 g/mol. The van der Waals surface area contributed by atoms with Gasteiger partial charge in [-0.05, 0) is 53.7 Å². The van der Waals surface area contributed by atoms with Crippen LogP contribution in [0.5, 0.6) is 11.6 Å². The molecule has 0 aliphatic heterocycles. The van der Waals surface area contributed by atoms with Gasteiger partial charge in [-0.2, -0.15) is 0 Å². The second kappa shape index (κ2) is 5.25. The molecule has 0 fully saturated rings. The number of ether oxygens (including phenoxy) is 1. The summed E-state index contributed by atoms with van der Waals surface area (Å²) in [6.07, 6.45) is 5.66. The number of aromatic nitrogens is 2. The van der Waals surface area contributed by atoms with Gasteiger partial charge in [-0.1, -0.05) is 0 Å². The lowest BCUT2D eigenvalue weighted by Gasteiger charge is -2.17. The Morgan fingerprint density at radius 1 is 1.16 bits per heavy atom. The van der Waals surface area contributed by atoms with Crippen molar-refractivity contribution in [3.8, 4) is 11.6 Å². The van der Waals surface area contributed by atoms with E-state index in [9.17, 15) is 4.39 Å². The SMILES string of the molecule is Fc1cc(Oc2ncnc3c2CCCC3)ccc1Br. The van der Waals surface area contributed by atoms with E-state index in [0.29, 0.717) is 16.1 Å². The summed E-state index contributed by atoms with van der Waals surface area (Å²) in [5.41, 5.74) is 2.10. The van der Waals surface area contributed by atoms with Gasteiger partial charge >= 0.3 is 0 Å². The highest BCUT2D eigenvalue weighted by Gasteiger charge is 2.17. The van der Waals surface area contributed by atoms with Crippen molar-refractivity contribution in [1.29, 1.82) is 0 Å². The molecular formula is C14H12BrFN2O. The average molecular weight is 323 g/mol. The molecule has 1 heterocycles. The van der Waals surface area contributed by atoms with Crippen molar-refractivity contribution in [3.63, 3.8) is 0 Å². The van der Waals surface area contributed by atoms with Gasteiger partial charge in [-0.15, -0.1) is 0 Å². The zero-order valence-electron chi connectivity index (χ0n) is 10.2. The first-order valence-corrected chi connectivity index (χ1v) is 6.99. The van der Waals surface area contributed by atoms with E-state index < -0.39 is 0 Å². The van der Waals surface area contributed by atoms with Gasteiger partial charge in [0.1, 0.15) is 17.9 Å². The second-order valence-electron chi connectivity index (χ2n) is 4.49. The summed E-state index contributed by atoms with van der Waals surface area (Å²) in [6.45, 7) is 0. The molecule has 0 amide bonds. The molecule has 1 aromatic heterocycles. The smallest absolute Gasteiger partial charge is 0.225 e. The van der Waals surface area contributed by atoms with Crippen molar-refractivity contribution < 1.29 is 9.13 Å². The van der Waals surface area contributed by atoms with Gasteiger partial charge in [0, 0.05) is 11.6 Å². The van der Waals surface area contributed by atoms with E-state index >= 15 is 0 Å². The summed E-state index contributed by atoms with van der Waals surface area (Å²) in [5.74, 6) is 0.652. The molecule has 0 saturated carbocycles.